The van der Waals surface area contributed by atoms with Crippen LogP contribution in [0.2, 0.25) is 0 Å². The van der Waals surface area contributed by atoms with Gasteiger partial charge in [0.05, 0.1) is 16.9 Å². The van der Waals surface area contributed by atoms with Crippen molar-refractivity contribution in [1.82, 2.24) is 0 Å². The number of fused-ring (bicyclic) bond motifs is 2. The van der Waals surface area contributed by atoms with Crippen LogP contribution in [0, 0.1) is 0 Å². The first-order valence-electron chi connectivity index (χ1n) is 19.7. The number of nitrogens with zero attached hydrogens (tertiary/aromatic N) is 2. The number of aryl methyl sites for hydroxylation is 1. The number of hydrogen-bond acceptors (Lipinski definition) is 7. The zero-order valence-electron chi connectivity index (χ0n) is 33.5. The first-order valence-corrected chi connectivity index (χ1v) is 22.9. The van der Waals surface area contributed by atoms with E-state index in [1.165, 1.54) is 0 Å². The topological polar surface area (TPSA) is 162 Å². The van der Waals surface area contributed by atoms with Crippen LogP contribution in [0.15, 0.2) is 120 Å². The normalized spacial score (nSPS) is 19.0. The monoisotopic (exact) mass is 829 g/mol. The second kappa shape index (κ2) is 17.2. The number of hydrogen-bond donors (Lipinski definition) is 3. The minimum Gasteiger partial charge on any atom is -0.481 e. The molecule has 3 aliphatic rings. The third-order valence-electron chi connectivity index (χ3n) is 11.3. The van der Waals surface area contributed by atoms with Gasteiger partial charge in [0.25, 0.3) is 20.2 Å². The van der Waals surface area contributed by atoms with Crippen molar-refractivity contribution in [3.8, 4) is 5.75 Å². The van der Waals surface area contributed by atoms with E-state index in [4.69, 9.17) is 4.74 Å². The molecule has 3 N–H and O–H groups in total. The van der Waals surface area contributed by atoms with Crippen LogP contribution in [0.25, 0.3) is 0 Å². The smallest absolute Gasteiger partial charge is 0.303 e. The average Bonchev–Trinajstić information content (AvgIpc) is 3.50. The molecule has 2 aliphatic heterocycles. The highest BCUT2D eigenvalue weighted by atomic mass is 32.2. The van der Waals surface area contributed by atoms with Gasteiger partial charge in [-0.2, -0.15) is 21.4 Å². The van der Waals surface area contributed by atoms with E-state index in [-0.39, 0.29) is 30.8 Å². The SMILES string of the molecule is CC1(C)C(/C=C/C2=C(Oc3ccc(CCC(=O)O)cc3)C(=C\C=C3\N(CCCS(=O)(=O)O)c4ccccc4C3(C)C)/CCC2)=[N+](CCCS(=O)(=O)O)c2ccccc21. The van der Waals surface area contributed by atoms with Gasteiger partial charge in [0.1, 0.15) is 18.1 Å². The van der Waals surface area contributed by atoms with E-state index in [9.17, 15) is 35.8 Å². The van der Waals surface area contributed by atoms with E-state index in [0.29, 0.717) is 31.0 Å². The maximum atomic E-state index is 11.6. The minimum absolute atomic E-state index is 0.0286. The highest BCUT2D eigenvalue weighted by Gasteiger charge is 2.44. The van der Waals surface area contributed by atoms with Gasteiger partial charge in [0.15, 0.2) is 5.71 Å². The summed E-state index contributed by atoms with van der Waals surface area (Å²) in [7, 11) is -8.25. The molecule has 1 aliphatic carbocycles. The molecule has 308 valence electrons. The summed E-state index contributed by atoms with van der Waals surface area (Å²) in [4.78, 5) is 13.3. The van der Waals surface area contributed by atoms with Gasteiger partial charge in [-0.1, -0.05) is 68.5 Å². The molecule has 0 radical (unpaired) electrons. The van der Waals surface area contributed by atoms with Crippen LogP contribution in [0.1, 0.15) is 82.9 Å². The van der Waals surface area contributed by atoms with Gasteiger partial charge in [-0.15, -0.1) is 0 Å². The number of para-hydroxylation sites is 2. The van der Waals surface area contributed by atoms with Gasteiger partial charge >= 0.3 is 5.97 Å². The molecule has 0 saturated heterocycles. The lowest BCUT2D eigenvalue weighted by Crippen LogP contribution is -2.28. The quantitative estimate of drug-likeness (QED) is 0.0946. The largest absolute Gasteiger partial charge is 0.481 e. The van der Waals surface area contributed by atoms with Crippen LogP contribution >= 0.6 is 0 Å². The summed E-state index contributed by atoms with van der Waals surface area (Å²) < 4.78 is 74.5. The molecule has 3 aromatic rings. The van der Waals surface area contributed by atoms with Gasteiger partial charge in [-0.3, -0.25) is 13.9 Å². The Bertz CT molecular complexity index is 2440. The highest BCUT2D eigenvalue weighted by Crippen LogP contribution is 2.48. The Labute approximate surface area is 342 Å². The van der Waals surface area contributed by atoms with E-state index < -0.39 is 37.0 Å². The predicted octanol–water partition coefficient (Wildman–Crippen LogP) is 8.32. The molecular formula is C45H53N2O9S2+. The molecule has 2 heterocycles. The number of anilines is 1. The second-order valence-electron chi connectivity index (χ2n) is 16.2. The number of carboxylic acid groups (broad SMARTS) is 1. The summed E-state index contributed by atoms with van der Waals surface area (Å²) >= 11 is 0. The van der Waals surface area contributed by atoms with Crippen LogP contribution in [0.4, 0.5) is 11.4 Å². The molecule has 0 bridgehead atoms. The van der Waals surface area contributed by atoms with Crippen LogP contribution in [0.3, 0.4) is 0 Å². The number of allylic oxidation sites excluding steroid dienone is 7. The molecule has 13 heteroatoms. The lowest BCUT2D eigenvalue weighted by atomic mass is 9.81. The highest BCUT2D eigenvalue weighted by molar-refractivity contribution is 7.86. The van der Waals surface area contributed by atoms with Gasteiger partial charge in [0, 0.05) is 53.9 Å². The first kappa shape index (κ1) is 42.8. The van der Waals surface area contributed by atoms with Crippen molar-refractivity contribution in [2.24, 2.45) is 0 Å². The summed E-state index contributed by atoms with van der Waals surface area (Å²) in [6.07, 6.45) is 11.6. The molecular weight excluding hydrogens is 777 g/mol. The molecule has 58 heavy (non-hydrogen) atoms. The molecule has 0 fully saturated rings. The molecule has 0 spiro atoms. The third kappa shape index (κ3) is 9.89. The molecule has 0 atom stereocenters. The fourth-order valence-corrected chi connectivity index (χ4v) is 9.37. The Balaban J connectivity index is 1.43. The summed E-state index contributed by atoms with van der Waals surface area (Å²) in [6, 6.07) is 23.6. The number of benzene rings is 3. The van der Waals surface area contributed by atoms with Crippen molar-refractivity contribution >= 4 is 43.3 Å². The molecule has 0 amide bonds. The molecule has 3 aromatic carbocycles. The van der Waals surface area contributed by atoms with E-state index in [2.05, 4.69) is 73.6 Å². The number of ether oxygens (including phenoxy) is 1. The Hall–Kier alpha value is -4.82. The van der Waals surface area contributed by atoms with E-state index in [0.717, 1.165) is 69.9 Å². The molecule has 6 rings (SSSR count). The summed E-state index contributed by atoms with van der Waals surface area (Å²) in [6.45, 7) is 9.38. The fourth-order valence-electron chi connectivity index (χ4n) is 8.38. The van der Waals surface area contributed by atoms with Gasteiger partial charge in [0.2, 0.25) is 5.69 Å². The lowest BCUT2D eigenvalue weighted by molar-refractivity contribution is -0.437. The van der Waals surface area contributed by atoms with Crippen LogP contribution in [-0.4, -0.2) is 71.9 Å². The zero-order chi connectivity index (χ0) is 41.9. The molecule has 0 aromatic heterocycles. The van der Waals surface area contributed by atoms with Crippen molar-refractivity contribution in [1.29, 1.82) is 0 Å². The fraction of sp³-hybridized carbons (Fsp3) is 0.378. The van der Waals surface area contributed by atoms with Crippen LogP contribution < -0.4 is 9.64 Å². The van der Waals surface area contributed by atoms with Crippen molar-refractivity contribution in [3.05, 3.63) is 136 Å². The molecule has 0 saturated carbocycles. The maximum absolute atomic E-state index is 11.6. The Kier molecular flexibility index (Phi) is 12.7. The van der Waals surface area contributed by atoms with Gasteiger partial charge in [-0.05, 0) is 98.6 Å². The predicted molar refractivity (Wildman–Crippen MR) is 227 cm³/mol. The number of carbonyl (C=O) groups is 1. The number of rotatable bonds is 16. The number of carboxylic acids is 1. The van der Waals surface area contributed by atoms with Crippen molar-refractivity contribution in [2.75, 3.05) is 29.5 Å². The van der Waals surface area contributed by atoms with Crippen molar-refractivity contribution in [2.45, 2.75) is 83.5 Å². The number of aliphatic carboxylic acids is 1. The standard InChI is InChI=1S/C45H52N2O9S2/c1-44(2)36-14-5-7-16-38(36)46(28-10-30-57(50,51)52)40(44)25-21-33-12-9-13-34(43(33)56-35-23-18-32(19-24-35)20-27-42(48)49)22-26-41-45(3,4)37-15-6-8-17-39(37)47(41)29-11-31-58(53,54)55/h5-8,14-19,21-26H,9-13,20,27-31H2,1-4H3,(H2-,48,49,50,51,52,53,54,55)/p+1. The minimum atomic E-state index is -4.12. The van der Waals surface area contributed by atoms with Gasteiger partial charge in [-0.25, -0.2) is 0 Å². The summed E-state index contributed by atoms with van der Waals surface area (Å²) in [5.74, 6) is -0.234. The third-order valence-corrected chi connectivity index (χ3v) is 12.9. The maximum Gasteiger partial charge on any atom is 0.303 e. The molecule has 0 unspecified atom stereocenters. The Morgan fingerprint density at radius 2 is 1.47 bits per heavy atom. The van der Waals surface area contributed by atoms with E-state index >= 15 is 0 Å². The first-order chi connectivity index (χ1) is 27.3. The van der Waals surface area contributed by atoms with Crippen LogP contribution in [-0.2, 0) is 42.3 Å². The summed E-state index contributed by atoms with van der Waals surface area (Å²) in [5.41, 5.74) is 8.23. The average molecular weight is 830 g/mol. The summed E-state index contributed by atoms with van der Waals surface area (Å²) in [5, 5.41) is 9.19. The van der Waals surface area contributed by atoms with Crippen molar-refractivity contribution in [3.63, 3.8) is 0 Å². The van der Waals surface area contributed by atoms with E-state index in [1.54, 1.807) is 0 Å². The Morgan fingerprint density at radius 3 is 2.16 bits per heavy atom. The van der Waals surface area contributed by atoms with Gasteiger partial charge < -0.3 is 14.7 Å². The second-order valence-corrected chi connectivity index (χ2v) is 19.3. The van der Waals surface area contributed by atoms with E-state index in [1.807, 2.05) is 60.7 Å². The van der Waals surface area contributed by atoms with Crippen LogP contribution in [0.5, 0.6) is 5.75 Å². The zero-order valence-corrected chi connectivity index (χ0v) is 35.2. The molecule has 11 nitrogen and oxygen atoms in total. The lowest BCUT2D eigenvalue weighted by Gasteiger charge is -2.27. The Morgan fingerprint density at radius 1 is 0.810 bits per heavy atom. The van der Waals surface area contributed by atoms with Crippen molar-refractivity contribution < 1.29 is 45.2 Å².